The highest BCUT2D eigenvalue weighted by Crippen LogP contribution is 2.68. The molecule has 2 aliphatic heterocycles. The molecule has 8 atom stereocenters. The number of nitrogens with zero attached hydrogens (tertiary/aromatic N) is 1. The molecule has 3 heterocycles. The van der Waals surface area contributed by atoms with Crippen LogP contribution < -0.4 is 14.9 Å². The first-order valence-corrected chi connectivity index (χ1v) is 18.3. The molecule has 3 fully saturated rings. The van der Waals surface area contributed by atoms with Gasteiger partial charge in [-0.25, -0.2) is 4.79 Å². The summed E-state index contributed by atoms with van der Waals surface area (Å²) < 4.78 is 6.00. The number of hydrogen-bond acceptors (Lipinski definition) is 8. The second-order valence-corrected chi connectivity index (χ2v) is 16.1. The van der Waals surface area contributed by atoms with Gasteiger partial charge < -0.3 is 20.1 Å². The quantitative estimate of drug-likeness (QED) is 0.192. The minimum atomic E-state index is -1.18. The monoisotopic (exact) mass is 697 g/mol. The van der Waals surface area contributed by atoms with Crippen LogP contribution in [0.3, 0.4) is 0 Å². The van der Waals surface area contributed by atoms with E-state index in [1.54, 1.807) is 17.8 Å². The molecule has 0 radical (unpaired) electrons. The smallest absolute Gasteiger partial charge is 0.326 e. The second-order valence-electron chi connectivity index (χ2n) is 13.9. The molecule has 1 aromatic heterocycles. The van der Waals surface area contributed by atoms with Crippen molar-refractivity contribution in [3.05, 3.63) is 86.8 Å². The van der Waals surface area contributed by atoms with E-state index in [4.69, 9.17) is 4.74 Å². The summed E-state index contributed by atoms with van der Waals surface area (Å²) in [6.07, 6.45) is 0.905. The largest absolute Gasteiger partial charge is 0.484 e. The van der Waals surface area contributed by atoms with Crippen LogP contribution in [0, 0.1) is 35.5 Å². The van der Waals surface area contributed by atoms with Crippen LogP contribution in [-0.4, -0.2) is 56.6 Å². The molecule has 3 amide bonds. The summed E-state index contributed by atoms with van der Waals surface area (Å²) >= 11 is 2.74. The molecule has 12 heteroatoms. The van der Waals surface area contributed by atoms with Crippen molar-refractivity contribution in [3.63, 3.8) is 0 Å². The van der Waals surface area contributed by atoms with E-state index in [1.165, 1.54) is 0 Å². The van der Waals surface area contributed by atoms with Crippen LogP contribution in [0.25, 0.3) is 10.8 Å². The first-order chi connectivity index (χ1) is 23.6. The molecular formula is C37H35N3O7S2. The number of amides is 3. The summed E-state index contributed by atoms with van der Waals surface area (Å²) in [4.78, 5) is 70.6. The summed E-state index contributed by atoms with van der Waals surface area (Å²) in [5, 5.41) is 15.7. The Kier molecular flexibility index (Phi) is 7.90. The van der Waals surface area contributed by atoms with E-state index in [0.29, 0.717) is 17.9 Å². The fourth-order valence-electron chi connectivity index (χ4n) is 8.95. The fourth-order valence-corrected chi connectivity index (χ4v) is 11.8. The van der Waals surface area contributed by atoms with E-state index >= 15 is 0 Å². The van der Waals surface area contributed by atoms with Crippen molar-refractivity contribution in [2.45, 2.75) is 48.9 Å². The van der Waals surface area contributed by atoms with Crippen LogP contribution >= 0.6 is 23.1 Å². The number of H-pyrrole nitrogens is 1. The van der Waals surface area contributed by atoms with Crippen molar-refractivity contribution in [1.82, 2.24) is 9.88 Å². The van der Waals surface area contributed by atoms with E-state index in [9.17, 15) is 29.1 Å². The summed E-state index contributed by atoms with van der Waals surface area (Å²) in [6.45, 7) is 3.57. The lowest BCUT2D eigenvalue weighted by Crippen LogP contribution is -2.47. The van der Waals surface area contributed by atoms with Crippen LogP contribution in [-0.2, 0) is 19.2 Å². The standard InChI is InChI=1S/C37H35N3O7S2/c1-17(2)13-25(36(44)45)40-34(42)29-22-15-23(30(29)35(40)43)31-28(22)27(32-33(48-31)39-37(46)49-32)19-9-5-10-20(14-19)47-16-26(41)38-24-12-6-8-18-7-3-4-11-21(18)24/h3-12,14,17,22-23,25,27-31H,13,15-16H2,1-2H3,(H,38,41)(H,39,46)(H,44,45)/t22?,23?,25?,27-,28?,29?,30?,31?/m1/s1. The third kappa shape index (κ3) is 5.27. The van der Waals surface area contributed by atoms with Gasteiger partial charge in [-0.05, 0) is 65.7 Å². The number of thioether (sulfide) groups is 1. The predicted octanol–water partition coefficient (Wildman–Crippen LogP) is 5.58. The summed E-state index contributed by atoms with van der Waals surface area (Å²) in [5.41, 5.74) is 1.60. The molecule has 3 aromatic carbocycles. The molecule has 0 spiro atoms. The molecule has 252 valence electrons. The first kappa shape index (κ1) is 31.8. The number of aromatic amines is 1. The van der Waals surface area contributed by atoms with Crippen molar-refractivity contribution in [1.29, 1.82) is 0 Å². The normalized spacial score (nSPS) is 27.2. The van der Waals surface area contributed by atoms with E-state index in [-0.39, 0.29) is 70.5 Å². The Morgan fingerprint density at radius 3 is 2.51 bits per heavy atom. The lowest BCUT2D eigenvalue weighted by atomic mass is 9.68. The van der Waals surface area contributed by atoms with Crippen molar-refractivity contribution in [2.75, 3.05) is 11.9 Å². The molecular weight excluding hydrogens is 663 g/mol. The molecule has 49 heavy (non-hydrogen) atoms. The Morgan fingerprint density at radius 1 is 1.00 bits per heavy atom. The third-order valence-electron chi connectivity index (χ3n) is 10.7. The number of anilines is 1. The summed E-state index contributed by atoms with van der Waals surface area (Å²) in [6, 6.07) is 19.9. The maximum Gasteiger partial charge on any atom is 0.326 e. The van der Waals surface area contributed by atoms with Crippen LogP contribution in [0.4, 0.5) is 5.69 Å². The average molecular weight is 698 g/mol. The number of hydrogen-bond donors (Lipinski definition) is 3. The number of aliphatic carboxylic acids is 1. The Balaban J connectivity index is 1.07. The number of carbonyl (C=O) groups excluding carboxylic acids is 3. The van der Waals surface area contributed by atoms with Gasteiger partial charge in [0.1, 0.15) is 11.8 Å². The molecule has 10 nitrogen and oxygen atoms in total. The van der Waals surface area contributed by atoms with E-state index in [0.717, 1.165) is 42.5 Å². The van der Waals surface area contributed by atoms with Crippen LogP contribution in [0.15, 0.2) is 76.6 Å². The highest BCUT2D eigenvalue weighted by molar-refractivity contribution is 8.00. The summed E-state index contributed by atoms with van der Waals surface area (Å²) in [5.74, 6) is -3.38. The van der Waals surface area contributed by atoms with Gasteiger partial charge in [0.15, 0.2) is 6.61 Å². The minimum absolute atomic E-state index is 0.00650. The van der Waals surface area contributed by atoms with Gasteiger partial charge >= 0.3 is 10.8 Å². The number of carboxylic acids is 1. The van der Waals surface area contributed by atoms with Crippen LogP contribution in [0.2, 0.25) is 0 Å². The Bertz CT molecular complexity index is 2070. The number of rotatable bonds is 9. The number of aromatic nitrogens is 1. The number of likely N-dealkylation sites (tertiary alicyclic amines) is 1. The lowest BCUT2D eigenvalue weighted by molar-refractivity contribution is -0.156. The first-order valence-electron chi connectivity index (χ1n) is 16.6. The van der Waals surface area contributed by atoms with Gasteiger partial charge in [-0.3, -0.25) is 24.1 Å². The fraction of sp³-hybridized carbons (Fsp3) is 0.378. The van der Waals surface area contributed by atoms with E-state index in [2.05, 4.69) is 10.3 Å². The number of nitrogens with one attached hydrogen (secondary N) is 2. The zero-order valence-electron chi connectivity index (χ0n) is 26.8. The number of carbonyl (C=O) groups is 4. The number of imide groups is 1. The molecule has 4 aromatic rings. The number of thiazole rings is 1. The van der Waals surface area contributed by atoms with Crippen LogP contribution in [0.5, 0.6) is 5.75 Å². The topological polar surface area (TPSA) is 146 Å². The highest BCUT2D eigenvalue weighted by Gasteiger charge is 2.70. The number of benzene rings is 3. The van der Waals surface area contributed by atoms with Gasteiger partial charge in [0, 0.05) is 27.1 Å². The van der Waals surface area contributed by atoms with Gasteiger partial charge in [-0.15, -0.1) is 11.8 Å². The molecule has 8 rings (SSSR count). The van der Waals surface area contributed by atoms with E-state index < -0.39 is 23.8 Å². The van der Waals surface area contributed by atoms with Gasteiger partial charge in [0.25, 0.3) is 5.91 Å². The Morgan fingerprint density at radius 2 is 1.73 bits per heavy atom. The summed E-state index contributed by atoms with van der Waals surface area (Å²) in [7, 11) is 0. The van der Waals surface area contributed by atoms with Crippen LogP contribution in [0.1, 0.15) is 43.0 Å². The van der Waals surface area contributed by atoms with Crippen molar-refractivity contribution in [2.24, 2.45) is 35.5 Å². The van der Waals surface area contributed by atoms with Gasteiger partial charge in [0.2, 0.25) is 11.8 Å². The number of carboxylic acid groups (broad SMARTS) is 1. The SMILES string of the molecule is CC(C)CC(C(=O)O)N1C(=O)C2C3CC(C2C1=O)C1C3Sc2[nH]c(=O)sc2[C@@H]1c1cccc(OCC(=O)Nc2cccc3ccccc23)c1. The van der Waals surface area contributed by atoms with Crippen molar-refractivity contribution in [3.8, 4) is 5.75 Å². The third-order valence-corrected chi connectivity index (χ3v) is 13.3. The Hall–Kier alpha value is -4.42. The van der Waals surface area contributed by atoms with Crippen molar-refractivity contribution < 1.29 is 29.0 Å². The molecule has 1 saturated heterocycles. The maximum atomic E-state index is 14.0. The molecule has 4 aliphatic rings. The predicted molar refractivity (Wildman–Crippen MR) is 186 cm³/mol. The Labute approximate surface area is 290 Å². The van der Waals surface area contributed by atoms with Gasteiger partial charge in [-0.2, -0.15) is 0 Å². The molecule has 2 aliphatic carbocycles. The lowest BCUT2D eigenvalue weighted by Gasteiger charge is -2.43. The zero-order valence-corrected chi connectivity index (χ0v) is 28.5. The highest BCUT2D eigenvalue weighted by atomic mass is 32.2. The second kappa shape index (κ2) is 12.2. The molecule has 2 bridgehead atoms. The van der Waals surface area contributed by atoms with Crippen molar-refractivity contribution >= 4 is 63.2 Å². The molecule has 3 N–H and O–H groups in total. The average Bonchev–Trinajstić information content (AvgIpc) is 3.81. The minimum Gasteiger partial charge on any atom is -0.484 e. The molecule has 7 unspecified atom stereocenters. The van der Waals surface area contributed by atoms with Gasteiger partial charge in [-0.1, -0.05) is 73.7 Å². The number of ether oxygens (including phenoxy) is 1. The zero-order chi connectivity index (χ0) is 34.1. The van der Waals surface area contributed by atoms with E-state index in [1.807, 2.05) is 74.5 Å². The maximum absolute atomic E-state index is 14.0. The molecule has 2 saturated carbocycles. The van der Waals surface area contributed by atoms with Gasteiger partial charge in [0.05, 0.1) is 16.9 Å². The number of fused-ring (bicyclic) bond motifs is 10.